The normalized spacial score (nSPS) is 13.3. The molecule has 0 aliphatic carbocycles. The maximum absolute atomic E-state index is 6.20. The summed E-state index contributed by atoms with van der Waals surface area (Å²) in [5, 5.41) is 4.91. The maximum atomic E-state index is 6.20. The van der Waals surface area contributed by atoms with Gasteiger partial charge in [-0.25, -0.2) is 0 Å². The molecular formula is C15H24Cl2N2. The van der Waals surface area contributed by atoms with Gasteiger partial charge in [0.2, 0.25) is 0 Å². The van der Waals surface area contributed by atoms with E-state index in [1.54, 1.807) is 6.07 Å². The van der Waals surface area contributed by atoms with Gasteiger partial charge in [-0.2, -0.15) is 0 Å². The number of halogens is 2. The highest BCUT2D eigenvalue weighted by Crippen LogP contribution is 2.25. The summed E-state index contributed by atoms with van der Waals surface area (Å²) >= 11 is 12.1. The quantitative estimate of drug-likeness (QED) is 0.752. The molecule has 0 heterocycles. The number of nitrogens with one attached hydrogen (secondary N) is 1. The highest BCUT2D eigenvalue weighted by atomic mass is 35.5. The Kier molecular flexibility index (Phi) is 7.16. The summed E-state index contributed by atoms with van der Waals surface area (Å²) in [7, 11) is 2.16. The van der Waals surface area contributed by atoms with E-state index in [4.69, 9.17) is 23.2 Å². The maximum Gasteiger partial charge on any atom is 0.0468 e. The third-order valence-corrected chi connectivity index (χ3v) is 4.01. The molecule has 0 saturated carbocycles. The van der Waals surface area contributed by atoms with Gasteiger partial charge in [-0.1, -0.05) is 29.3 Å². The smallest absolute Gasteiger partial charge is 0.0468 e. The molecule has 0 aliphatic heterocycles. The Hall–Kier alpha value is -0.280. The van der Waals surface area contributed by atoms with E-state index in [0.717, 1.165) is 30.1 Å². The van der Waals surface area contributed by atoms with E-state index < -0.39 is 0 Å². The van der Waals surface area contributed by atoms with Gasteiger partial charge in [0, 0.05) is 22.1 Å². The number of nitrogens with zero attached hydrogens (tertiary/aromatic N) is 1. The first-order valence-electron chi connectivity index (χ1n) is 6.80. The van der Waals surface area contributed by atoms with E-state index in [-0.39, 0.29) is 6.04 Å². The van der Waals surface area contributed by atoms with Crippen LogP contribution in [0.25, 0.3) is 0 Å². The van der Waals surface area contributed by atoms with Crippen LogP contribution in [0.4, 0.5) is 0 Å². The van der Waals surface area contributed by atoms with Crippen molar-refractivity contribution < 1.29 is 0 Å². The van der Waals surface area contributed by atoms with Crippen LogP contribution in [0.15, 0.2) is 18.2 Å². The van der Waals surface area contributed by atoms with Crippen molar-refractivity contribution in [1.29, 1.82) is 0 Å². The third-order valence-electron chi connectivity index (χ3n) is 3.45. The summed E-state index contributed by atoms with van der Waals surface area (Å²) in [6.07, 6.45) is 1.13. The summed E-state index contributed by atoms with van der Waals surface area (Å²) in [6, 6.07) is 6.51. The molecule has 1 rings (SSSR count). The Labute approximate surface area is 127 Å². The molecule has 19 heavy (non-hydrogen) atoms. The lowest BCUT2D eigenvalue weighted by Gasteiger charge is -2.22. The highest BCUT2D eigenvalue weighted by molar-refractivity contribution is 6.35. The second kappa shape index (κ2) is 8.11. The molecule has 108 valence electrons. The molecule has 0 bridgehead atoms. The van der Waals surface area contributed by atoms with Crippen molar-refractivity contribution in [3.63, 3.8) is 0 Å². The molecule has 2 nitrogen and oxygen atoms in total. The van der Waals surface area contributed by atoms with Crippen LogP contribution in [0.5, 0.6) is 0 Å². The van der Waals surface area contributed by atoms with Crippen LogP contribution in [0.3, 0.4) is 0 Å². The molecule has 0 radical (unpaired) electrons. The van der Waals surface area contributed by atoms with E-state index >= 15 is 0 Å². The molecular weight excluding hydrogens is 279 g/mol. The molecule has 0 aromatic heterocycles. The molecule has 1 aromatic carbocycles. The van der Waals surface area contributed by atoms with Crippen LogP contribution in [-0.2, 0) is 0 Å². The van der Waals surface area contributed by atoms with Gasteiger partial charge in [0.1, 0.15) is 0 Å². The Morgan fingerprint density at radius 3 is 2.47 bits per heavy atom. The lowest BCUT2D eigenvalue weighted by Crippen LogP contribution is -2.30. The van der Waals surface area contributed by atoms with E-state index in [1.807, 2.05) is 12.1 Å². The number of benzene rings is 1. The minimum atomic E-state index is 0.245. The van der Waals surface area contributed by atoms with Crippen molar-refractivity contribution in [2.75, 3.05) is 20.1 Å². The zero-order valence-corrected chi connectivity index (χ0v) is 13.7. The Balaban J connectivity index is 2.37. The first-order chi connectivity index (χ1) is 8.91. The minimum absolute atomic E-state index is 0.245. The van der Waals surface area contributed by atoms with Crippen LogP contribution in [-0.4, -0.2) is 31.1 Å². The lowest BCUT2D eigenvalue weighted by atomic mass is 10.1. The number of hydrogen-bond donors (Lipinski definition) is 1. The summed E-state index contributed by atoms with van der Waals surface area (Å²) in [5.41, 5.74) is 1.10. The predicted molar refractivity (Wildman–Crippen MR) is 85.3 cm³/mol. The highest BCUT2D eigenvalue weighted by Gasteiger charge is 2.09. The van der Waals surface area contributed by atoms with Crippen LogP contribution in [0, 0.1) is 0 Å². The van der Waals surface area contributed by atoms with Gasteiger partial charge in [-0.05, 0) is 65.0 Å². The average Bonchev–Trinajstić information content (AvgIpc) is 2.33. The monoisotopic (exact) mass is 302 g/mol. The molecule has 0 spiro atoms. The van der Waals surface area contributed by atoms with Crippen molar-refractivity contribution >= 4 is 23.2 Å². The van der Waals surface area contributed by atoms with Gasteiger partial charge >= 0.3 is 0 Å². The molecule has 4 heteroatoms. The number of hydrogen-bond acceptors (Lipinski definition) is 2. The van der Waals surface area contributed by atoms with Gasteiger partial charge in [0.25, 0.3) is 0 Å². The first-order valence-corrected chi connectivity index (χ1v) is 7.56. The van der Waals surface area contributed by atoms with E-state index in [9.17, 15) is 0 Å². The zero-order valence-electron chi connectivity index (χ0n) is 12.2. The van der Waals surface area contributed by atoms with Crippen molar-refractivity contribution in [2.24, 2.45) is 0 Å². The van der Waals surface area contributed by atoms with Crippen LogP contribution >= 0.6 is 23.2 Å². The van der Waals surface area contributed by atoms with Gasteiger partial charge < -0.3 is 10.2 Å². The molecule has 1 N–H and O–H groups in total. The third kappa shape index (κ3) is 5.70. The van der Waals surface area contributed by atoms with Gasteiger partial charge in [0.15, 0.2) is 0 Å². The van der Waals surface area contributed by atoms with Gasteiger partial charge in [-0.15, -0.1) is 0 Å². The largest absolute Gasteiger partial charge is 0.310 e. The van der Waals surface area contributed by atoms with Crippen molar-refractivity contribution in [3.8, 4) is 0 Å². The summed E-state index contributed by atoms with van der Waals surface area (Å²) in [5.74, 6) is 0. The zero-order chi connectivity index (χ0) is 14.4. The summed E-state index contributed by atoms with van der Waals surface area (Å²) in [6.45, 7) is 8.64. The average molecular weight is 303 g/mol. The predicted octanol–water partition coefficient (Wildman–Crippen LogP) is 4.37. The van der Waals surface area contributed by atoms with Crippen molar-refractivity contribution in [3.05, 3.63) is 33.8 Å². The van der Waals surface area contributed by atoms with Gasteiger partial charge in [0.05, 0.1) is 0 Å². The Morgan fingerprint density at radius 1 is 1.21 bits per heavy atom. The van der Waals surface area contributed by atoms with Crippen LogP contribution < -0.4 is 5.32 Å². The minimum Gasteiger partial charge on any atom is -0.310 e. The molecule has 1 atom stereocenters. The SMILES string of the molecule is CC(NCCCN(C)C(C)C)c1ccc(Cl)cc1Cl. The standard InChI is InChI=1S/C15H24Cl2N2/c1-11(2)19(4)9-5-8-18-12(3)14-7-6-13(16)10-15(14)17/h6-7,10-12,18H,5,8-9H2,1-4H3. The number of rotatable bonds is 7. The Bertz CT molecular complexity index is 394. The van der Waals surface area contributed by atoms with E-state index in [0.29, 0.717) is 11.1 Å². The lowest BCUT2D eigenvalue weighted by molar-refractivity contribution is 0.268. The molecule has 0 saturated heterocycles. The summed E-state index contributed by atoms with van der Waals surface area (Å²) in [4.78, 5) is 2.35. The molecule has 0 fully saturated rings. The fraction of sp³-hybridized carbons (Fsp3) is 0.600. The van der Waals surface area contributed by atoms with Crippen molar-refractivity contribution in [2.45, 2.75) is 39.3 Å². The first kappa shape index (κ1) is 16.8. The second-order valence-corrected chi connectivity index (χ2v) is 6.11. The second-order valence-electron chi connectivity index (χ2n) is 5.27. The van der Waals surface area contributed by atoms with Gasteiger partial charge in [-0.3, -0.25) is 0 Å². The molecule has 1 unspecified atom stereocenters. The van der Waals surface area contributed by atoms with Crippen LogP contribution in [0.1, 0.15) is 38.8 Å². The van der Waals surface area contributed by atoms with E-state index in [2.05, 4.69) is 38.0 Å². The fourth-order valence-electron chi connectivity index (χ4n) is 1.87. The van der Waals surface area contributed by atoms with E-state index in [1.165, 1.54) is 0 Å². The molecule has 0 aliphatic rings. The molecule has 0 amide bonds. The van der Waals surface area contributed by atoms with Crippen molar-refractivity contribution in [1.82, 2.24) is 10.2 Å². The van der Waals surface area contributed by atoms with Crippen LogP contribution in [0.2, 0.25) is 10.0 Å². The topological polar surface area (TPSA) is 15.3 Å². The fourth-order valence-corrected chi connectivity index (χ4v) is 2.44. The Morgan fingerprint density at radius 2 is 1.89 bits per heavy atom. The summed E-state index contributed by atoms with van der Waals surface area (Å²) < 4.78 is 0. The molecule has 1 aromatic rings.